The summed E-state index contributed by atoms with van der Waals surface area (Å²) in [5.74, 6) is 0.288. The minimum absolute atomic E-state index is 0.0904. The average Bonchev–Trinajstić information content (AvgIpc) is 3.18. The molecule has 5 rings (SSSR count). The van der Waals surface area contributed by atoms with Crippen molar-refractivity contribution in [3.63, 3.8) is 0 Å². The Hall–Kier alpha value is -2.76. The number of piperidine rings is 1. The Labute approximate surface area is 156 Å². The lowest BCUT2D eigenvalue weighted by Gasteiger charge is -2.39. The maximum absolute atomic E-state index is 13.2. The first-order valence-electron chi connectivity index (χ1n) is 9.48. The minimum atomic E-state index is -0.200. The van der Waals surface area contributed by atoms with Crippen LogP contribution in [0.1, 0.15) is 47.5 Å². The zero-order valence-electron chi connectivity index (χ0n) is 15.2. The Balaban J connectivity index is 1.39. The summed E-state index contributed by atoms with van der Waals surface area (Å²) in [6.45, 7) is 0. The normalized spacial score (nSPS) is 24.5. The smallest absolute Gasteiger partial charge is 0.254 e. The Bertz CT molecular complexity index is 999. The van der Waals surface area contributed by atoms with Crippen molar-refractivity contribution in [2.45, 2.75) is 43.7 Å². The van der Waals surface area contributed by atoms with Gasteiger partial charge in [0, 0.05) is 24.7 Å². The first kappa shape index (κ1) is 16.4. The van der Waals surface area contributed by atoms with E-state index in [-0.39, 0.29) is 23.8 Å². The third-order valence-corrected chi connectivity index (χ3v) is 6.17. The van der Waals surface area contributed by atoms with Gasteiger partial charge in [0.15, 0.2) is 0 Å². The minimum Gasteiger partial charge on any atom is -0.333 e. The van der Waals surface area contributed by atoms with E-state index in [2.05, 4.69) is 15.2 Å². The second-order valence-electron chi connectivity index (χ2n) is 7.73. The van der Waals surface area contributed by atoms with Crippen molar-refractivity contribution in [1.29, 1.82) is 0 Å². The SMILES string of the molecule is Cn1nnc2cc(C(=O)N3C4CCC3CC(c3ccc(F)cc3)C4)ccc21. The lowest BCUT2D eigenvalue weighted by Crippen LogP contribution is -2.46. The molecule has 1 amide bonds. The predicted molar refractivity (Wildman–Crippen MR) is 99.9 cm³/mol. The number of carbonyl (C=O) groups excluding carboxylic acids is 1. The first-order valence-corrected chi connectivity index (χ1v) is 9.48. The number of fused-ring (bicyclic) bond motifs is 3. The van der Waals surface area contributed by atoms with Crippen LogP contribution in [-0.4, -0.2) is 37.9 Å². The highest BCUT2D eigenvalue weighted by Crippen LogP contribution is 2.43. The maximum Gasteiger partial charge on any atom is 0.254 e. The summed E-state index contributed by atoms with van der Waals surface area (Å²) in [7, 11) is 1.84. The monoisotopic (exact) mass is 364 g/mol. The van der Waals surface area contributed by atoms with E-state index in [0.29, 0.717) is 11.5 Å². The van der Waals surface area contributed by atoms with Crippen molar-refractivity contribution in [3.8, 4) is 0 Å². The van der Waals surface area contributed by atoms with Gasteiger partial charge in [-0.2, -0.15) is 0 Å². The van der Waals surface area contributed by atoms with Gasteiger partial charge in [-0.1, -0.05) is 17.3 Å². The van der Waals surface area contributed by atoms with Gasteiger partial charge in [-0.15, -0.1) is 5.10 Å². The lowest BCUT2D eigenvalue weighted by molar-refractivity contribution is 0.0571. The molecule has 3 heterocycles. The van der Waals surface area contributed by atoms with E-state index in [4.69, 9.17) is 0 Å². The number of hydrogen-bond acceptors (Lipinski definition) is 3. The number of aromatic nitrogens is 3. The highest BCUT2D eigenvalue weighted by molar-refractivity contribution is 5.97. The van der Waals surface area contributed by atoms with Crippen molar-refractivity contribution < 1.29 is 9.18 Å². The Morgan fingerprint density at radius 1 is 1.07 bits per heavy atom. The molecular formula is C21H21FN4O. The van der Waals surface area contributed by atoms with E-state index in [1.807, 2.05) is 37.4 Å². The number of carbonyl (C=O) groups is 1. The number of benzene rings is 2. The van der Waals surface area contributed by atoms with Crippen LogP contribution in [0.4, 0.5) is 4.39 Å². The topological polar surface area (TPSA) is 51.0 Å². The van der Waals surface area contributed by atoms with Gasteiger partial charge in [0.05, 0.1) is 5.52 Å². The molecule has 2 saturated heterocycles. The molecule has 2 atom stereocenters. The summed E-state index contributed by atoms with van der Waals surface area (Å²) in [6, 6.07) is 13.0. The van der Waals surface area contributed by atoms with Crippen LogP contribution in [0.25, 0.3) is 11.0 Å². The molecule has 0 N–H and O–H groups in total. The Morgan fingerprint density at radius 3 is 2.48 bits per heavy atom. The zero-order chi connectivity index (χ0) is 18.5. The zero-order valence-corrected chi connectivity index (χ0v) is 15.2. The van der Waals surface area contributed by atoms with Gasteiger partial charge in [-0.25, -0.2) is 9.07 Å². The number of rotatable bonds is 2. The largest absolute Gasteiger partial charge is 0.333 e. The fourth-order valence-corrected chi connectivity index (χ4v) is 4.84. The van der Waals surface area contributed by atoms with Gasteiger partial charge < -0.3 is 4.90 Å². The molecule has 5 nitrogen and oxygen atoms in total. The standard InChI is InChI=1S/C21H21FN4O/c1-25-20-9-4-14(12-19(20)23-24-25)21(27)26-17-7-8-18(26)11-15(10-17)13-2-5-16(22)6-3-13/h2-6,9,12,15,17-18H,7-8,10-11H2,1H3. The molecule has 2 bridgehead atoms. The van der Waals surface area contributed by atoms with E-state index < -0.39 is 0 Å². The molecule has 1 aromatic heterocycles. The van der Waals surface area contributed by atoms with Crippen molar-refractivity contribution in [1.82, 2.24) is 19.9 Å². The van der Waals surface area contributed by atoms with Gasteiger partial charge in [0.25, 0.3) is 5.91 Å². The van der Waals surface area contributed by atoms with Crippen LogP contribution < -0.4 is 0 Å². The van der Waals surface area contributed by atoms with Crippen LogP contribution in [0.3, 0.4) is 0 Å². The molecule has 2 aliphatic rings. The third-order valence-electron chi connectivity index (χ3n) is 6.17. The van der Waals surface area contributed by atoms with E-state index in [1.54, 1.807) is 4.68 Å². The number of halogens is 1. The third kappa shape index (κ3) is 2.71. The van der Waals surface area contributed by atoms with Gasteiger partial charge in [-0.05, 0) is 67.5 Å². The number of nitrogens with zero attached hydrogens (tertiary/aromatic N) is 4. The van der Waals surface area contributed by atoms with Crippen LogP contribution in [0.15, 0.2) is 42.5 Å². The quantitative estimate of drug-likeness (QED) is 0.697. The van der Waals surface area contributed by atoms with Gasteiger partial charge in [0.1, 0.15) is 11.3 Å². The van der Waals surface area contributed by atoms with Gasteiger partial charge in [-0.3, -0.25) is 4.79 Å². The van der Waals surface area contributed by atoms with Crippen LogP contribution in [0, 0.1) is 5.82 Å². The molecule has 0 saturated carbocycles. The second-order valence-corrected chi connectivity index (χ2v) is 7.73. The van der Waals surface area contributed by atoms with Crippen molar-refractivity contribution >= 4 is 16.9 Å². The molecule has 2 aromatic carbocycles. The summed E-state index contributed by atoms with van der Waals surface area (Å²) in [5, 5.41) is 8.15. The summed E-state index contributed by atoms with van der Waals surface area (Å²) < 4.78 is 14.9. The number of amides is 1. The second kappa shape index (κ2) is 6.15. The van der Waals surface area contributed by atoms with Gasteiger partial charge in [0.2, 0.25) is 0 Å². The average molecular weight is 364 g/mol. The molecule has 0 aliphatic carbocycles. The Kier molecular flexibility index (Phi) is 3.74. The molecule has 27 heavy (non-hydrogen) atoms. The predicted octanol–water partition coefficient (Wildman–Crippen LogP) is 3.66. The summed E-state index contributed by atoms with van der Waals surface area (Å²) in [5.41, 5.74) is 3.53. The molecule has 6 heteroatoms. The maximum atomic E-state index is 13.2. The van der Waals surface area contributed by atoms with E-state index in [9.17, 15) is 9.18 Å². The van der Waals surface area contributed by atoms with Crippen LogP contribution in [0.5, 0.6) is 0 Å². The van der Waals surface area contributed by atoms with E-state index in [1.165, 1.54) is 17.7 Å². The molecule has 0 radical (unpaired) electrons. The fourth-order valence-electron chi connectivity index (χ4n) is 4.84. The van der Waals surface area contributed by atoms with Crippen molar-refractivity contribution in [2.75, 3.05) is 0 Å². The summed E-state index contributed by atoms with van der Waals surface area (Å²) >= 11 is 0. The fraction of sp³-hybridized carbons (Fsp3) is 0.381. The molecule has 2 fully saturated rings. The molecule has 0 spiro atoms. The number of aryl methyl sites for hydroxylation is 1. The van der Waals surface area contributed by atoms with Crippen LogP contribution in [0.2, 0.25) is 0 Å². The molecule has 2 unspecified atom stereocenters. The summed E-state index contributed by atoms with van der Waals surface area (Å²) in [6.07, 6.45) is 3.98. The van der Waals surface area contributed by atoms with E-state index in [0.717, 1.165) is 36.7 Å². The van der Waals surface area contributed by atoms with Crippen molar-refractivity contribution in [2.24, 2.45) is 7.05 Å². The molecule has 3 aromatic rings. The van der Waals surface area contributed by atoms with E-state index >= 15 is 0 Å². The highest BCUT2D eigenvalue weighted by atomic mass is 19.1. The van der Waals surface area contributed by atoms with Crippen molar-refractivity contribution in [3.05, 3.63) is 59.4 Å². The molecular weight excluding hydrogens is 343 g/mol. The molecule has 2 aliphatic heterocycles. The van der Waals surface area contributed by atoms with Gasteiger partial charge >= 0.3 is 0 Å². The number of hydrogen-bond donors (Lipinski definition) is 0. The lowest BCUT2D eigenvalue weighted by atomic mass is 9.85. The molecule has 138 valence electrons. The first-order chi connectivity index (χ1) is 13.1. The highest BCUT2D eigenvalue weighted by Gasteiger charge is 2.43. The van der Waals surface area contributed by atoms with Crippen LogP contribution >= 0.6 is 0 Å². The Morgan fingerprint density at radius 2 is 1.78 bits per heavy atom. The summed E-state index contributed by atoms with van der Waals surface area (Å²) in [4.78, 5) is 15.3. The van der Waals surface area contributed by atoms with Crippen LogP contribution in [-0.2, 0) is 7.05 Å².